The lowest BCUT2D eigenvalue weighted by Gasteiger charge is -2.22. The van der Waals surface area contributed by atoms with Crippen LogP contribution in [0.5, 0.6) is 0 Å². The van der Waals surface area contributed by atoms with E-state index in [1.54, 1.807) is 24.3 Å². The van der Waals surface area contributed by atoms with Crippen molar-refractivity contribution in [2.24, 2.45) is 0 Å². The van der Waals surface area contributed by atoms with Gasteiger partial charge in [-0.25, -0.2) is 0 Å². The Morgan fingerprint density at radius 2 is 1.67 bits per heavy atom. The van der Waals surface area contributed by atoms with Gasteiger partial charge in [0.1, 0.15) is 11.6 Å². The molecule has 1 aliphatic rings. The molecule has 1 heterocycles. The molecule has 30 heavy (non-hydrogen) atoms. The van der Waals surface area contributed by atoms with Crippen molar-refractivity contribution in [2.75, 3.05) is 10.6 Å². The van der Waals surface area contributed by atoms with Crippen LogP contribution in [-0.2, 0) is 23.9 Å². The second-order valence-corrected chi connectivity index (χ2v) is 8.42. The van der Waals surface area contributed by atoms with Crippen LogP contribution >= 0.6 is 0 Å². The van der Waals surface area contributed by atoms with E-state index in [9.17, 15) is 19.2 Å². The third kappa shape index (κ3) is 8.63. The van der Waals surface area contributed by atoms with Gasteiger partial charge in [0.05, 0.1) is 0 Å². The van der Waals surface area contributed by atoms with Crippen molar-refractivity contribution in [1.82, 2.24) is 5.32 Å². The Kier molecular flexibility index (Phi) is 8.38. The molecule has 0 bridgehead atoms. The highest BCUT2D eigenvalue weighted by molar-refractivity contribution is 6.01. The first-order chi connectivity index (χ1) is 14.1. The van der Waals surface area contributed by atoms with Gasteiger partial charge in [0.25, 0.3) is 0 Å². The molecule has 1 fully saturated rings. The molecule has 1 atom stereocenters. The number of esters is 1. The number of rotatable bonds is 9. The van der Waals surface area contributed by atoms with Gasteiger partial charge in [0.2, 0.25) is 17.7 Å². The summed E-state index contributed by atoms with van der Waals surface area (Å²) in [4.78, 5) is 46.7. The quantitative estimate of drug-likeness (QED) is 0.323. The highest BCUT2D eigenvalue weighted by Gasteiger charge is 2.26. The molecule has 0 aromatic heterocycles. The number of carbonyl (C=O) groups excluding carboxylic acids is 4. The number of unbranched alkanes of at least 4 members (excludes halogenated alkanes) is 2. The van der Waals surface area contributed by atoms with Crippen LogP contribution in [0.4, 0.5) is 11.4 Å². The highest BCUT2D eigenvalue weighted by Crippen LogP contribution is 2.18. The van der Waals surface area contributed by atoms with Gasteiger partial charge < -0.3 is 15.4 Å². The Bertz CT molecular complexity index is 768. The molecule has 3 N–H and O–H groups in total. The summed E-state index contributed by atoms with van der Waals surface area (Å²) in [6.07, 6.45) is 3.69. The minimum atomic E-state index is -0.468. The monoisotopic (exact) mass is 417 g/mol. The van der Waals surface area contributed by atoms with Crippen LogP contribution < -0.4 is 16.0 Å². The lowest BCUT2D eigenvalue weighted by Crippen LogP contribution is -2.47. The van der Waals surface area contributed by atoms with E-state index in [4.69, 9.17) is 4.74 Å². The zero-order chi connectivity index (χ0) is 22.1. The van der Waals surface area contributed by atoms with Crippen molar-refractivity contribution in [2.45, 2.75) is 77.4 Å². The number of ether oxygens (including phenoxy) is 1. The molecule has 2 rings (SSSR count). The summed E-state index contributed by atoms with van der Waals surface area (Å²) in [7, 11) is 0. The van der Waals surface area contributed by atoms with E-state index in [2.05, 4.69) is 16.0 Å². The summed E-state index contributed by atoms with van der Waals surface area (Å²) < 4.78 is 5.25. The van der Waals surface area contributed by atoms with Gasteiger partial charge in [-0.3, -0.25) is 24.5 Å². The first kappa shape index (κ1) is 23.4. The van der Waals surface area contributed by atoms with Crippen molar-refractivity contribution in [3.05, 3.63) is 24.3 Å². The number of piperidine rings is 1. The fourth-order valence-electron chi connectivity index (χ4n) is 3.03. The van der Waals surface area contributed by atoms with Gasteiger partial charge >= 0.3 is 5.97 Å². The second kappa shape index (κ2) is 10.8. The summed E-state index contributed by atoms with van der Waals surface area (Å²) in [5, 5.41) is 8.23. The van der Waals surface area contributed by atoms with Crippen LogP contribution in [0.25, 0.3) is 0 Å². The molecule has 8 heteroatoms. The SMILES string of the molecule is CC(C)(C)OC(=O)CCCCCC(=O)Nc1ccc(NC2CCC(=O)NC2=O)cc1. The van der Waals surface area contributed by atoms with E-state index < -0.39 is 11.6 Å². The maximum Gasteiger partial charge on any atom is 0.306 e. The van der Waals surface area contributed by atoms with Crippen molar-refractivity contribution < 1.29 is 23.9 Å². The number of hydrogen-bond donors (Lipinski definition) is 3. The largest absolute Gasteiger partial charge is 0.460 e. The second-order valence-electron chi connectivity index (χ2n) is 8.42. The zero-order valence-electron chi connectivity index (χ0n) is 17.9. The summed E-state index contributed by atoms with van der Waals surface area (Å²) >= 11 is 0. The molecule has 1 aromatic rings. The maximum absolute atomic E-state index is 12.1. The number of nitrogens with one attached hydrogen (secondary N) is 3. The molecule has 0 spiro atoms. The fraction of sp³-hybridized carbons (Fsp3) is 0.545. The molecule has 1 unspecified atom stereocenters. The van der Waals surface area contributed by atoms with Gasteiger partial charge in [-0.15, -0.1) is 0 Å². The Morgan fingerprint density at radius 3 is 2.30 bits per heavy atom. The Balaban J connectivity index is 1.65. The fourth-order valence-corrected chi connectivity index (χ4v) is 3.03. The van der Waals surface area contributed by atoms with E-state index >= 15 is 0 Å². The van der Waals surface area contributed by atoms with E-state index in [1.165, 1.54) is 0 Å². The van der Waals surface area contributed by atoms with Gasteiger partial charge in [-0.2, -0.15) is 0 Å². The molecule has 1 aliphatic heterocycles. The van der Waals surface area contributed by atoms with Gasteiger partial charge in [-0.1, -0.05) is 6.42 Å². The van der Waals surface area contributed by atoms with Crippen LogP contribution in [0.15, 0.2) is 24.3 Å². The maximum atomic E-state index is 12.1. The molecule has 0 aliphatic carbocycles. The van der Waals surface area contributed by atoms with Crippen molar-refractivity contribution in [1.29, 1.82) is 0 Å². The molecule has 164 valence electrons. The van der Waals surface area contributed by atoms with Crippen molar-refractivity contribution >= 4 is 35.1 Å². The Hall–Kier alpha value is -2.90. The lowest BCUT2D eigenvalue weighted by atomic mass is 10.1. The van der Waals surface area contributed by atoms with E-state index in [0.29, 0.717) is 44.2 Å². The average Bonchev–Trinajstić information content (AvgIpc) is 2.64. The Morgan fingerprint density at radius 1 is 1.03 bits per heavy atom. The Labute approximate surface area is 177 Å². The lowest BCUT2D eigenvalue weighted by molar-refractivity contribution is -0.155. The van der Waals surface area contributed by atoms with Crippen LogP contribution in [0.2, 0.25) is 0 Å². The van der Waals surface area contributed by atoms with E-state index in [0.717, 1.165) is 12.1 Å². The van der Waals surface area contributed by atoms with Crippen molar-refractivity contribution in [3.63, 3.8) is 0 Å². The molecule has 8 nitrogen and oxygen atoms in total. The molecule has 1 saturated heterocycles. The first-order valence-electron chi connectivity index (χ1n) is 10.3. The number of imide groups is 1. The third-order valence-electron chi connectivity index (χ3n) is 4.45. The topological polar surface area (TPSA) is 114 Å². The average molecular weight is 418 g/mol. The van der Waals surface area contributed by atoms with Crippen LogP contribution in [-0.4, -0.2) is 35.3 Å². The van der Waals surface area contributed by atoms with Gasteiger partial charge in [0.15, 0.2) is 0 Å². The molecular weight excluding hydrogens is 386 g/mol. The van der Waals surface area contributed by atoms with Crippen LogP contribution in [0.1, 0.15) is 65.7 Å². The molecule has 0 saturated carbocycles. The predicted molar refractivity (Wildman–Crippen MR) is 114 cm³/mol. The van der Waals surface area contributed by atoms with Gasteiger partial charge in [-0.05, 0) is 64.3 Å². The molecule has 3 amide bonds. The molecule has 1 aromatic carbocycles. The number of benzene rings is 1. The normalized spacial score (nSPS) is 16.6. The van der Waals surface area contributed by atoms with E-state index in [1.807, 2.05) is 20.8 Å². The number of anilines is 2. The minimum absolute atomic E-state index is 0.0850. The van der Waals surface area contributed by atoms with E-state index in [-0.39, 0.29) is 23.7 Å². The number of amides is 3. The molecule has 0 radical (unpaired) electrons. The zero-order valence-corrected chi connectivity index (χ0v) is 17.9. The van der Waals surface area contributed by atoms with Crippen LogP contribution in [0, 0.1) is 0 Å². The summed E-state index contributed by atoms with van der Waals surface area (Å²) in [6, 6.07) is 6.63. The standard InChI is InChI=1S/C22H31N3O5/c1-22(2,3)30-20(28)8-6-4-5-7-18(26)24-16-11-9-15(10-12-16)23-17-13-14-19(27)25-21(17)29/h9-12,17,23H,4-8,13-14H2,1-3H3,(H,24,26)(H,25,27,29). The summed E-state index contributed by atoms with van der Waals surface area (Å²) in [6.45, 7) is 5.52. The minimum Gasteiger partial charge on any atom is -0.460 e. The first-order valence-corrected chi connectivity index (χ1v) is 10.3. The number of hydrogen-bond acceptors (Lipinski definition) is 6. The number of carbonyl (C=O) groups is 4. The van der Waals surface area contributed by atoms with Gasteiger partial charge in [0, 0.05) is 30.6 Å². The smallest absolute Gasteiger partial charge is 0.306 e. The third-order valence-corrected chi connectivity index (χ3v) is 4.45. The van der Waals surface area contributed by atoms with Crippen molar-refractivity contribution in [3.8, 4) is 0 Å². The predicted octanol–water partition coefficient (Wildman–Crippen LogP) is 3.13. The summed E-state index contributed by atoms with van der Waals surface area (Å²) in [5.41, 5.74) is 0.941. The highest BCUT2D eigenvalue weighted by atomic mass is 16.6. The van der Waals surface area contributed by atoms with Crippen LogP contribution in [0.3, 0.4) is 0 Å². The molecular formula is C22H31N3O5. The summed E-state index contributed by atoms with van der Waals surface area (Å²) in [5.74, 6) is -0.868.